The molecular weight excluding hydrogens is 396 g/mol. The molecule has 1 aliphatic rings. The van der Waals surface area contributed by atoms with E-state index >= 15 is 0 Å². The standard InChI is InChI=1S/C24H32N2O3S/c1-4-26(5-2)30(28,29)23-18-22(12-11-19(23)3)24(27)25-15-13-21(14-16-25)17-20-9-7-6-8-10-20/h6-12,18,21H,4-5,13-17H2,1-3H3. The molecule has 1 fully saturated rings. The van der Waals surface area contributed by atoms with Gasteiger partial charge in [-0.15, -0.1) is 0 Å². The second-order valence-electron chi connectivity index (χ2n) is 7.99. The minimum absolute atomic E-state index is 0.0795. The molecule has 5 nitrogen and oxygen atoms in total. The molecular formula is C24H32N2O3S. The lowest BCUT2D eigenvalue weighted by Gasteiger charge is -2.32. The molecule has 1 aliphatic heterocycles. The van der Waals surface area contributed by atoms with Gasteiger partial charge in [-0.3, -0.25) is 4.79 Å². The summed E-state index contributed by atoms with van der Waals surface area (Å²) in [6.45, 7) is 7.66. The third-order valence-electron chi connectivity index (χ3n) is 6.03. The number of rotatable bonds is 7. The molecule has 30 heavy (non-hydrogen) atoms. The Hall–Kier alpha value is -2.18. The number of aryl methyl sites for hydroxylation is 1. The van der Waals surface area contributed by atoms with Crippen molar-refractivity contribution in [1.82, 2.24) is 9.21 Å². The van der Waals surface area contributed by atoms with Gasteiger partial charge in [-0.2, -0.15) is 4.31 Å². The van der Waals surface area contributed by atoms with Crippen LogP contribution in [0, 0.1) is 12.8 Å². The van der Waals surface area contributed by atoms with E-state index in [1.54, 1.807) is 25.1 Å². The van der Waals surface area contributed by atoms with Gasteiger partial charge in [0.05, 0.1) is 4.90 Å². The third-order valence-corrected chi connectivity index (χ3v) is 8.22. The van der Waals surface area contributed by atoms with Gasteiger partial charge in [0.15, 0.2) is 0 Å². The largest absolute Gasteiger partial charge is 0.339 e. The number of sulfonamides is 1. The summed E-state index contributed by atoms with van der Waals surface area (Å²) < 4.78 is 27.4. The van der Waals surface area contributed by atoms with Gasteiger partial charge in [0.1, 0.15) is 0 Å². The molecule has 6 heteroatoms. The summed E-state index contributed by atoms with van der Waals surface area (Å²) in [6, 6.07) is 15.5. The van der Waals surface area contributed by atoms with Crippen LogP contribution in [0.4, 0.5) is 0 Å². The summed E-state index contributed by atoms with van der Waals surface area (Å²) in [7, 11) is -3.60. The number of amides is 1. The lowest BCUT2D eigenvalue weighted by atomic mass is 9.90. The van der Waals surface area contributed by atoms with Gasteiger partial charge in [0, 0.05) is 31.7 Å². The minimum Gasteiger partial charge on any atom is -0.339 e. The zero-order chi connectivity index (χ0) is 21.7. The summed E-state index contributed by atoms with van der Waals surface area (Å²) in [5, 5.41) is 0. The molecule has 0 unspecified atom stereocenters. The highest BCUT2D eigenvalue weighted by atomic mass is 32.2. The van der Waals surface area contributed by atoms with Crippen molar-refractivity contribution in [2.45, 2.75) is 44.9 Å². The summed E-state index contributed by atoms with van der Waals surface area (Å²) in [5.41, 5.74) is 2.46. The molecule has 0 spiro atoms. The van der Waals surface area contributed by atoms with Crippen LogP contribution in [-0.2, 0) is 16.4 Å². The zero-order valence-corrected chi connectivity index (χ0v) is 19.0. The number of nitrogens with zero attached hydrogens (tertiary/aromatic N) is 2. The third kappa shape index (κ3) is 4.93. The molecule has 2 aromatic rings. The normalized spacial score (nSPS) is 15.5. The van der Waals surface area contributed by atoms with Crippen molar-refractivity contribution in [1.29, 1.82) is 0 Å². The van der Waals surface area contributed by atoms with E-state index in [1.807, 2.05) is 24.8 Å². The second-order valence-corrected chi connectivity index (χ2v) is 9.90. The fourth-order valence-corrected chi connectivity index (χ4v) is 5.89. The maximum atomic E-state index is 13.1. The first-order valence-corrected chi connectivity index (χ1v) is 12.2. The van der Waals surface area contributed by atoms with Gasteiger partial charge in [-0.1, -0.05) is 50.2 Å². The molecule has 1 saturated heterocycles. The van der Waals surface area contributed by atoms with Gasteiger partial charge in [-0.25, -0.2) is 8.42 Å². The van der Waals surface area contributed by atoms with E-state index in [1.165, 1.54) is 9.87 Å². The summed E-state index contributed by atoms with van der Waals surface area (Å²) in [5.74, 6) is 0.497. The lowest BCUT2D eigenvalue weighted by Crippen LogP contribution is -2.39. The fourth-order valence-electron chi connectivity index (χ4n) is 4.18. The second kappa shape index (κ2) is 9.75. The molecule has 2 aromatic carbocycles. The minimum atomic E-state index is -3.60. The Labute approximate surface area is 180 Å². The van der Waals surface area contributed by atoms with Crippen LogP contribution in [0.25, 0.3) is 0 Å². The molecule has 0 radical (unpaired) electrons. The van der Waals surface area contributed by atoms with Crippen LogP contribution in [0.3, 0.4) is 0 Å². The number of benzene rings is 2. The zero-order valence-electron chi connectivity index (χ0n) is 18.2. The van der Waals surface area contributed by atoms with Gasteiger partial charge in [0.25, 0.3) is 5.91 Å². The average molecular weight is 429 g/mol. The van der Waals surface area contributed by atoms with Crippen LogP contribution in [0.5, 0.6) is 0 Å². The number of piperidine rings is 1. The maximum absolute atomic E-state index is 13.1. The van der Waals surface area contributed by atoms with Crippen molar-refractivity contribution in [2.24, 2.45) is 5.92 Å². The predicted octanol–water partition coefficient (Wildman–Crippen LogP) is 4.12. The van der Waals surface area contributed by atoms with Crippen molar-refractivity contribution in [3.05, 3.63) is 65.2 Å². The fraction of sp³-hybridized carbons (Fsp3) is 0.458. The summed E-state index contributed by atoms with van der Waals surface area (Å²) in [4.78, 5) is 15.2. The van der Waals surface area contributed by atoms with Crippen LogP contribution < -0.4 is 0 Å². The molecule has 0 N–H and O–H groups in total. The average Bonchev–Trinajstić information content (AvgIpc) is 2.75. The van der Waals surface area contributed by atoms with Crippen LogP contribution >= 0.6 is 0 Å². The molecule has 0 atom stereocenters. The van der Waals surface area contributed by atoms with Crippen molar-refractivity contribution in [3.8, 4) is 0 Å². The smallest absolute Gasteiger partial charge is 0.253 e. The van der Waals surface area contributed by atoms with E-state index in [0.29, 0.717) is 43.2 Å². The van der Waals surface area contributed by atoms with Crippen molar-refractivity contribution in [2.75, 3.05) is 26.2 Å². The van der Waals surface area contributed by atoms with E-state index in [9.17, 15) is 13.2 Å². The Bertz CT molecular complexity index is 961. The molecule has 162 valence electrons. The van der Waals surface area contributed by atoms with E-state index in [4.69, 9.17) is 0 Å². The van der Waals surface area contributed by atoms with E-state index < -0.39 is 10.0 Å². The number of likely N-dealkylation sites (tertiary alicyclic amines) is 1. The highest BCUT2D eigenvalue weighted by Crippen LogP contribution is 2.25. The first-order valence-electron chi connectivity index (χ1n) is 10.8. The van der Waals surface area contributed by atoms with Crippen molar-refractivity contribution < 1.29 is 13.2 Å². The topological polar surface area (TPSA) is 57.7 Å². The molecule has 1 amide bonds. The quantitative estimate of drug-likeness (QED) is 0.667. The first-order chi connectivity index (χ1) is 14.4. The monoisotopic (exact) mass is 428 g/mol. The van der Waals surface area contributed by atoms with Crippen LogP contribution in [0.1, 0.15) is 48.2 Å². The molecule has 3 rings (SSSR count). The highest BCUT2D eigenvalue weighted by Gasteiger charge is 2.27. The predicted molar refractivity (Wildman–Crippen MR) is 120 cm³/mol. The number of carbonyl (C=O) groups is 1. The Balaban J connectivity index is 1.71. The number of hydrogen-bond donors (Lipinski definition) is 0. The van der Waals surface area contributed by atoms with Crippen molar-refractivity contribution >= 4 is 15.9 Å². The SMILES string of the molecule is CCN(CC)S(=O)(=O)c1cc(C(=O)N2CCC(Cc3ccccc3)CC2)ccc1C. The molecule has 0 aliphatic carbocycles. The van der Waals surface area contributed by atoms with Crippen LogP contribution in [0.2, 0.25) is 0 Å². The van der Waals surface area contributed by atoms with Crippen LogP contribution in [0.15, 0.2) is 53.4 Å². The first kappa shape index (κ1) is 22.5. The van der Waals surface area contributed by atoms with E-state index in [-0.39, 0.29) is 10.8 Å². The number of hydrogen-bond acceptors (Lipinski definition) is 3. The number of carbonyl (C=O) groups excluding carboxylic acids is 1. The maximum Gasteiger partial charge on any atom is 0.253 e. The Kier molecular flexibility index (Phi) is 7.32. The molecule has 0 saturated carbocycles. The summed E-state index contributed by atoms with van der Waals surface area (Å²) in [6.07, 6.45) is 2.98. The molecule has 0 bridgehead atoms. The van der Waals surface area contributed by atoms with Gasteiger partial charge >= 0.3 is 0 Å². The lowest BCUT2D eigenvalue weighted by molar-refractivity contribution is 0.0690. The molecule has 0 aromatic heterocycles. The van der Waals surface area contributed by atoms with Crippen LogP contribution in [-0.4, -0.2) is 49.7 Å². The van der Waals surface area contributed by atoms with Gasteiger partial charge in [-0.05, 0) is 55.4 Å². The van der Waals surface area contributed by atoms with E-state index in [2.05, 4.69) is 24.3 Å². The Morgan fingerprint density at radius 3 is 2.27 bits per heavy atom. The van der Waals surface area contributed by atoms with Gasteiger partial charge in [0.2, 0.25) is 10.0 Å². The Morgan fingerprint density at radius 2 is 1.67 bits per heavy atom. The molecule has 1 heterocycles. The Morgan fingerprint density at radius 1 is 1.03 bits per heavy atom. The van der Waals surface area contributed by atoms with Gasteiger partial charge < -0.3 is 4.90 Å². The summed E-state index contributed by atoms with van der Waals surface area (Å²) >= 11 is 0. The van der Waals surface area contributed by atoms with E-state index in [0.717, 1.165) is 19.3 Å². The highest BCUT2D eigenvalue weighted by molar-refractivity contribution is 7.89. The van der Waals surface area contributed by atoms with Crippen molar-refractivity contribution in [3.63, 3.8) is 0 Å².